The van der Waals surface area contributed by atoms with E-state index in [1.165, 1.54) is 61.7 Å². The van der Waals surface area contributed by atoms with Crippen molar-refractivity contribution in [2.24, 2.45) is 0 Å². The number of amides is 1. The highest BCUT2D eigenvalue weighted by atomic mass is 35.5. The number of methoxy groups -OCH3 is 1. The summed E-state index contributed by atoms with van der Waals surface area (Å²) in [6, 6.07) is 13.5. The molecule has 45 heavy (non-hydrogen) atoms. The van der Waals surface area contributed by atoms with E-state index in [1.807, 2.05) is 0 Å². The molecule has 2 aromatic heterocycles. The van der Waals surface area contributed by atoms with Gasteiger partial charge in [0.05, 0.1) is 30.1 Å². The molecule has 2 aromatic carbocycles. The Balaban J connectivity index is 1.74. The summed E-state index contributed by atoms with van der Waals surface area (Å²) in [6.45, 7) is 2.67. The first-order valence-corrected chi connectivity index (χ1v) is 13.5. The van der Waals surface area contributed by atoms with Crippen molar-refractivity contribution >= 4 is 23.2 Å². The summed E-state index contributed by atoms with van der Waals surface area (Å²) in [7, 11) is 1.34. The SMILES string of the molecule is C=C=C(CCC(F)(F)F)n1c(-c2ccc(Cl)cc2)nn(CC(=O)NC(c2cccc(C(F)(F)F)c2)c2cccc(OC)n2)c1=O. The van der Waals surface area contributed by atoms with Gasteiger partial charge in [-0.15, -0.1) is 10.8 Å². The Kier molecular flexibility index (Phi) is 9.89. The summed E-state index contributed by atoms with van der Waals surface area (Å²) in [5, 5.41) is 7.13. The van der Waals surface area contributed by atoms with Crippen LogP contribution in [0.1, 0.15) is 35.7 Å². The number of carbonyl (C=O) groups excluding carboxylic acids is 1. The van der Waals surface area contributed by atoms with E-state index < -0.39 is 54.9 Å². The Morgan fingerprint density at radius 2 is 1.76 bits per heavy atom. The Morgan fingerprint density at radius 3 is 2.38 bits per heavy atom. The number of nitrogens with zero attached hydrogens (tertiary/aromatic N) is 4. The van der Waals surface area contributed by atoms with E-state index in [0.29, 0.717) is 9.70 Å². The third-order valence-corrected chi connectivity index (χ3v) is 6.71. The number of pyridine rings is 1. The lowest BCUT2D eigenvalue weighted by atomic mass is 10.00. The molecule has 1 unspecified atom stereocenters. The lowest BCUT2D eigenvalue weighted by Crippen LogP contribution is -2.36. The summed E-state index contributed by atoms with van der Waals surface area (Å²) < 4.78 is 86.4. The van der Waals surface area contributed by atoms with Crippen LogP contribution in [0.3, 0.4) is 0 Å². The van der Waals surface area contributed by atoms with E-state index in [2.05, 4.69) is 27.7 Å². The fourth-order valence-corrected chi connectivity index (χ4v) is 4.48. The topological polar surface area (TPSA) is 91.0 Å². The molecule has 1 amide bonds. The number of aromatic nitrogens is 4. The van der Waals surface area contributed by atoms with Crippen LogP contribution in [-0.2, 0) is 17.5 Å². The Labute approximate surface area is 257 Å². The fourth-order valence-electron chi connectivity index (χ4n) is 4.35. The number of benzene rings is 2. The monoisotopic (exact) mass is 651 g/mol. The van der Waals surface area contributed by atoms with Crippen molar-refractivity contribution in [1.82, 2.24) is 24.6 Å². The highest BCUT2D eigenvalue weighted by molar-refractivity contribution is 6.30. The zero-order valence-electron chi connectivity index (χ0n) is 23.4. The number of alkyl halides is 6. The maximum absolute atomic E-state index is 13.5. The van der Waals surface area contributed by atoms with Gasteiger partial charge in [0.2, 0.25) is 11.8 Å². The zero-order chi connectivity index (χ0) is 32.9. The van der Waals surface area contributed by atoms with Gasteiger partial charge in [-0.25, -0.2) is 19.0 Å². The molecule has 4 rings (SSSR count). The molecule has 0 saturated carbocycles. The van der Waals surface area contributed by atoms with Gasteiger partial charge in [-0.2, -0.15) is 26.3 Å². The standard InChI is InChI=1S/C30H24ClF6N5O3/c1-3-22(14-15-29(32,33)34)42-27(18-10-12-21(31)13-11-18)40-41(28(42)44)17-24(43)39-26(23-8-5-9-25(38-23)45-2)19-6-4-7-20(16-19)30(35,36)37/h4-13,16,26H,1,14-15,17H2,2H3,(H,39,43). The summed E-state index contributed by atoms with van der Waals surface area (Å²) in [5.41, 5.74) is 0.633. The molecule has 2 heterocycles. The first-order chi connectivity index (χ1) is 21.2. The molecule has 1 N–H and O–H groups in total. The molecule has 8 nitrogen and oxygen atoms in total. The molecule has 0 radical (unpaired) electrons. The number of nitrogens with one attached hydrogen (secondary N) is 1. The van der Waals surface area contributed by atoms with Gasteiger partial charge < -0.3 is 10.1 Å². The average Bonchev–Trinajstić information content (AvgIpc) is 3.30. The molecule has 15 heteroatoms. The molecular formula is C30H24ClF6N5O3. The Morgan fingerprint density at radius 1 is 1.07 bits per heavy atom. The second kappa shape index (κ2) is 13.4. The van der Waals surface area contributed by atoms with Crippen molar-refractivity contribution < 1.29 is 35.9 Å². The number of halogens is 7. The first kappa shape index (κ1) is 33.1. The lowest BCUT2D eigenvalue weighted by molar-refractivity contribution is -0.137. The van der Waals surface area contributed by atoms with Crippen LogP contribution in [0.4, 0.5) is 26.3 Å². The van der Waals surface area contributed by atoms with Crippen LogP contribution in [-0.4, -0.2) is 38.5 Å². The predicted molar refractivity (Wildman–Crippen MR) is 153 cm³/mol. The molecule has 236 valence electrons. The maximum atomic E-state index is 13.5. The minimum absolute atomic E-state index is 0.0303. The van der Waals surface area contributed by atoms with Gasteiger partial charge in [0.1, 0.15) is 6.54 Å². The van der Waals surface area contributed by atoms with E-state index in [0.717, 1.165) is 16.7 Å². The zero-order valence-corrected chi connectivity index (χ0v) is 24.2. The third kappa shape index (κ3) is 8.22. The first-order valence-electron chi connectivity index (χ1n) is 13.1. The summed E-state index contributed by atoms with van der Waals surface area (Å²) in [5.74, 6) is -0.846. The van der Waals surface area contributed by atoms with Crippen LogP contribution >= 0.6 is 11.6 Å². The van der Waals surface area contributed by atoms with Gasteiger partial charge in [-0.1, -0.05) is 36.4 Å². The van der Waals surface area contributed by atoms with Crippen molar-refractivity contribution in [2.45, 2.75) is 37.8 Å². The van der Waals surface area contributed by atoms with Gasteiger partial charge in [-0.3, -0.25) is 4.79 Å². The highest BCUT2D eigenvalue weighted by Crippen LogP contribution is 2.32. The number of hydrogen-bond donors (Lipinski definition) is 1. The summed E-state index contributed by atoms with van der Waals surface area (Å²) in [6.07, 6.45) is -11.2. The minimum atomic E-state index is -4.67. The van der Waals surface area contributed by atoms with Crippen LogP contribution in [0.25, 0.3) is 17.1 Å². The van der Waals surface area contributed by atoms with Crippen molar-refractivity contribution in [2.75, 3.05) is 7.11 Å². The van der Waals surface area contributed by atoms with E-state index >= 15 is 0 Å². The average molecular weight is 652 g/mol. The van der Waals surface area contributed by atoms with Crippen LogP contribution in [0.5, 0.6) is 5.88 Å². The molecular weight excluding hydrogens is 628 g/mol. The molecule has 0 spiro atoms. The quantitative estimate of drug-likeness (QED) is 0.153. The summed E-state index contributed by atoms with van der Waals surface area (Å²) in [4.78, 5) is 31.1. The number of hydrogen-bond acceptors (Lipinski definition) is 5. The van der Waals surface area contributed by atoms with Crippen molar-refractivity contribution in [3.8, 4) is 17.3 Å². The lowest BCUT2D eigenvalue weighted by Gasteiger charge is -2.20. The van der Waals surface area contributed by atoms with Gasteiger partial charge in [0, 0.05) is 29.5 Å². The molecule has 1 atom stereocenters. The van der Waals surface area contributed by atoms with Gasteiger partial charge >= 0.3 is 18.0 Å². The maximum Gasteiger partial charge on any atom is 0.416 e. The Bertz CT molecular complexity index is 1790. The predicted octanol–water partition coefficient (Wildman–Crippen LogP) is 6.66. The molecule has 0 saturated heterocycles. The van der Waals surface area contributed by atoms with Gasteiger partial charge in [0.25, 0.3) is 0 Å². The van der Waals surface area contributed by atoms with Gasteiger partial charge in [0.15, 0.2) is 5.82 Å². The van der Waals surface area contributed by atoms with Crippen LogP contribution in [0.2, 0.25) is 5.02 Å². The Hall–Kier alpha value is -4.81. The van der Waals surface area contributed by atoms with Gasteiger partial charge in [-0.05, 0) is 48.0 Å². The summed E-state index contributed by atoms with van der Waals surface area (Å²) >= 11 is 5.96. The molecule has 0 aliphatic carbocycles. The molecule has 0 bridgehead atoms. The minimum Gasteiger partial charge on any atom is -0.481 e. The second-order valence-corrected chi connectivity index (χ2v) is 10.0. The van der Waals surface area contributed by atoms with E-state index in [9.17, 15) is 35.9 Å². The van der Waals surface area contributed by atoms with E-state index in [-0.39, 0.29) is 34.2 Å². The molecule has 0 aliphatic heterocycles. The normalized spacial score (nSPS) is 12.4. The van der Waals surface area contributed by atoms with Crippen LogP contribution in [0, 0.1) is 0 Å². The van der Waals surface area contributed by atoms with Crippen molar-refractivity contribution in [3.05, 3.63) is 111 Å². The van der Waals surface area contributed by atoms with E-state index in [1.54, 1.807) is 0 Å². The second-order valence-electron chi connectivity index (χ2n) is 9.57. The van der Waals surface area contributed by atoms with Crippen LogP contribution in [0.15, 0.2) is 83.8 Å². The number of carbonyl (C=O) groups is 1. The van der Waals surface area contributed by atoms with Crippen LogP contribution < -0.4 is 15.7 Å². The number of rotatable bonds is 10. The molecule has 0 fully saturated rings. The largest absolute Gasteiger partial charge is 0.481 e. The molecule has 4 aromatic rings. The van der Waals surface area contributed by atoms with Crippen molar-refractivity contribution in [1.29, 1.82) is 0 Å². The van der Waals surface area contributed by atoms with E-state index in [4.69, 9.17) is 16.3 Å². The van der Waals surface area contributed by atoms with Crippen molar-refractivity contribution in [3.63, 3.8) is 0 Å². The smallest absolute Gasteiger partial charge is 0.416 e. The fraction of sp³-hybridized carbons (Fsp3) is 0.233. The number of allylic oxidation sites excluding steroid dienone is 1. The third-order valence-electron chi connectivity index (χ3n) is 6.46. The number of ether oxygens (including phenoxy) is 1. The molecule has 0 aliphatic rings. The highest BCUT2D eigenvalue weighted by Gasteiger charge is 2.32.